The van der Waals surface area contributed by atoms with E-state index in [-0.39, 0.29) is 23.9 Å². The Morgan fingerprint density at radius 2 is 1.75 bits per heavy atom. The number of carbonyl (C=O) groups excluding carboxylic acids is 1. The number of nitrogens with zero attached hydrogens (tertiary/aromatic N) is 3. The number of ether oxygens (including phenoxy) is 1. The number of aliphatic hydroxyl groups is 1. The molecule has 1 heterocycles. The number of carbonyl (C=O) groups is 3. The van der Waals surface area contributed by atoms with Gasteiger partial charge in [-0.05, 0) is 43.6 Å². The van der Waals surface area contributed by atoms with Crippen molar-refractivity contribution in [3.63, 3.8) is 0 Å². The fraction of sp³-hybridized carbons (Fsp3) is 0.467. The number of hydrogen-bond acceptors (Lipinski definition) is 7. The number of benzene rings is 2. The highest BCUT2D eigenvalue weighted by atomic mass is 16.6. The molecule has 2 aromatic carbocycles. The molecule has 0 spiro atoms. The van der Waals surface area contributed by atoms with Gasteiger partial charge in [0.05, 0.1) is 17.2 Å². The molecule has 0 aliphatic carbocycles. The Morgan fingerprint density at radius 3 is 2.23 bits per heavy atom. The third-order valence-corrected chi connectivity index (χ3v) is 6.86. The molecule has 4 atom stereocenters. The maximum absolute atomic E-state index is 11.9. The largest absolute Gasteiger partial charge is 0.478 e. The first kappa shape index (κ1) is 32.3. The molecule has 216 valence electrons. The van der Waals surface area contributed by atoms with Gasteiger partial charge in [-0.1, -0.05) is 63.2 Å². The Labute approximate surface area is 235 Å². The van der Waals surface area contributed by atoms with Crippen LogP contribution in [-0.2, 0) is 19.9 Å². The molecular formula is C30H39N3O7. The van der Waals surface area contributed by atoms with Crippen molar-refractivity contribution in [3.8, 4) is 6.07 Å². The highest BCUT2D eigenvalue weighted by Crippen LogP contribution is 2.46. The minimum Gasteiger partial charge on any atom is -0.478 e. The minimum absolute atomic E-state index is 0.258. The number of amides is 1. The van der Waals surface area contributed by atoms with Crippen LogP contribution in [0, 0.1) is 22.7 Å². The van der Waals surface area contributed by atoms with Gasteiger partial charge in [-0.25, -0.2) is 9.59 Å². The van der Waals surface area contributed by atoms with Gasteiger partial charge in [0.15, 0.2) is 0 Å². The van der Waals surface area contributed by atoms with Gasteiger partial charge in [0.25, 0.3) is 0 Å². The van der Waals surface area contributed by atoms with Gasteiger partial charge in [0.2, 0.25) is 6.10 Å². The quantitative estimate of drug-likeness (QED) is 0.449. The summed E-state index contributed by atoms with van der Waals surface area (Å²) in [4.78, 5) is 36.7. The fourth-order valence-electron chi connectivity index (χ4n) is 5.29. The van der Waals surface area contributed by atoms with Crippen molar-refractivity contribution in [3.05, 3.63) is 71.3 Å². The topological polar surface area (TPSA) is 151 Å². The second kappa shape index (κ2) is 13.4. The Hall–Kier alpha value is -3.94. The summed E-state index contributed by atoms with van der Waals surface area (Å²) in [6, 6.07) is 17.1. The van der Waals surface area contributed by atoms with E-state index in [4.69, 9.17) is 5.11 Å². The van der Waals surface area contributed by atoms with E-state index >= 15 is 0 Å². The summed E-state index contributed by atoms with van der Waals surface area (Å²) >= 11 is 0. The molecule has 3 rings (SSSR count). The van der Waals surface area contributed by atoms with Crippen LogP contribution in [0.5, 0.6) is 0 Å². The molecule has 0 aromatic heterocycles. The third-order valence-electron chi connectivity index (χ3n) is 6.86. The molecule has 10 nitrogen and oxygen atoms in total. The van der Waals surface area contributed by atoms with Gasteiger partial charge < -0.3 is 29.9 Å². The van der Waals surface area contributed by atoms with E-state index in [1.54, 1.807) is 48.5 Å². The third kappa shape index (κ3) is 8.04. The molecule has 1 saturated heterocycles. The first-order valence-corrected chi connectivity index (χ1v) is 12.9. The zero-order chi connectivity index (χ0) is 30.3. The van der Waals surface area contributed by atoms with E-state index < -0.39 is 29.7 Å². The molecule has 1 fully saturated rings. The fourth-order valence-corrected chi connectivity index (χ4v) is 5.29. The number of piperidine rings is 1. The summed E-state index contributed by atoms with van der Waals surface area (Å²) in [5.41, 5.74) is 0.0896. The van der Waals surface area contributed by atoms with E-state index in [1.165, 1.54) is 11.8 Å². The van der Waals surface area contributed by atoms with E-state index in [1.807, 2.05) is 45.8 Å². The summed E-state index contributed by atoms with van der Waals surface area (Å²) in [6.45, 7) is 8.00. The van der Waals surface area contributed by atoms with Crippen LogP contribution in [0.1, 0.15) is 56.9 Å². The van der Waals surface area contributed by atoms with Gasteiger partial charge in [0.1, 0.15) is 0 Å². The van der Waals surface area contributed by atoms with Gasteiger partial charge in [-0.2, -0.15) is 5.26 Å². The van der Waals surface area contributed by atoms with Crippen molar-refractivity contribution >= 4 is 18.0 Å². The minimum atomic E-state index is -1.21. The number of aliphatic carboxylic acids is 1. The van der Waals surface area contributed by atoms with E-state index in [0.29, 0.717) is 29.7 Å². The van der Waals surface area contributed by atoms with Gasteiger partial charge in [0, 0.05) is 37.5 Å². The molecular weight excluding hydrogens is 514 g/mol. The van der Waals surface area contributed by atoms with Crippen LogP contribution in [0.25, 0.3) is 0 Å². The second-order valence-corrected chi connectivity index (χ2v) is 11.3. The van der Waals surface area contributed by atoms with Crippen LogP contribution < -0.4 is 0 Å². The van der Waals surface area contributed by atoms with Crippen molar-refractivity contribution < 1.29 is 34.4 Å². The molecule has 10 heteroatoms. The molecule has 1 aliphatic heterocycles. The number of rotatable bonds is 6. The average molecular weight is 554 g/mol. The predicted octanol–water partition coefficient (Wildman–Crippen LogP) is 4.10. The van der Waals surface area contributed by atoms with Crippen LogP contribution in [0.15, 0.2) is 54.6 Å². The van der Waals surface area contributed by atoms with Gasteiger partial charge >= 0.3 is 18.0 Å². The predicted molar refractivity (Wildman–Crippen MR) is 148 cm³/mol. The van der Waals surface area contributed by atoms with Crippen molar-refractivity contribution in [1.29, 1.82) is 5.26 Å². The first-order valence-electron chi connectivity index (χ1n) is 12.9. The van der Waals surface area contributed by atoms with Crippen LogP contribution >= 0.6 is 0 Å². The summed E-state index contributed by atoms with van der Waals surface area (Å²) < 4.78 is 4.66. The van der Waals surface area contributed by atoms with Crippen LogP contribution in [0.3, 0.4) is 0 Å². The molecule has 0 saturated carbocycles. The molecule has 3 N–H and O–H groups in total. The van der Waals surface area contributed by atoms with Crippen molar-refractivity contribution in [2.24, 2.45) is 11.3 Å². The number of carboxylic acids is 1. The van der Waals surface area contributed by atoms with E-state index in [0.717, 1.165) is 0 Å². The average Bonchev–Trinajstić information content (AvgIpc) is 2.88. The van der Waals surface area contributed by atoms with Gasteiger partial charge in [-0.15, -0.1) is 0 Å². The van der Waals surface area contributed by atoms with Crippen LogP contribution in [0.4, 0.5) is 4.79 Å². The lowest BCUT2D eigenvalue weighted by Gasteiger charge is -2.54. The van der Waals surface area contributed by atoms with Crippen molar-refractivity contribution in [1.82, 2.24) is 9.80 Å². The molecule has 1 unspecified atom stereocenters. The lowest BCUT2D eigenvalue weighted by Crippen LogP contribution is -2.64. The van der Waals surface area contributed by atoms with Crippen molar-refractivity contribution in [2.75, 3.05) is 27.2 Å². The Balaban J connectivity index is 0.000000337. The normalized spacial score (nSPS) is 21.4. The summed E-state index contributed by atoms with van der Waals surface area (Å²) in [5, 5.41) is 39.5. The van der Waals surface area contributed by atoms with Crippen molar-refractivity contribution in [2.45, 2.75) is 51.9 Å². The molecule has 0 bridgehead atoms. The molecule has 40 heavy (non-hydrogen) atoms. The van der Waals surface area contributed by atoms with E-state index in [2.05, 4.69) is 10.8 Å². The first-order chi connectivity index (χ1) is 18.6. The number of nitriles is 1. The Morgan fingerprint density at radius 1 is 1.12 bits per heavy atom. The summed E-state index contributed by atoms with van der Waals surface area (Å²) in [6.07, 6.45) is -1.87. The Bertz CT molecular complexity index is 1220. The smallest absolute Gasteiger partial charge is 0.407 e. The molecule has 2 aromatic rings. The molecule has 0 radical (unpaired) electrons. The highest BCUT2D eigenvalue weighted by molar-refractivity contribution is 5.78. The lowest BCUT2D eigenvalue weighted by molar-refractivity contribution is -0.163. The van der Waals surface area contributed by atoms with E-state index in [9.17, 15) is 29.9 Å². The number of esters is 1. The van der Waals surface area contributed by atoms with Crippen LogP contribution in [0.2, 0.25) is 0 Å². The summed E-state index contributed by atoms with van der Waals surface area (Å²) in [5.74, 6) is -2.11. The standard InChI is InChI=1S/C20H29N3O3.C10H10O4/c1-19(2,3)17-16(13-22(4)5)20(26,9-10-23(17)18(24)25)15-8-6-7-14(11-15)12-21;1-7(11)14-9(10(12)13)8-5-3-2-4-6-8/h6-8,11,16-17,26H,9-10,13H2,1-5H3,(H,24,25);2-6,9H,1H3,(H,12,13)/t16-,17?,20-;9-/m11/s1. The molecule has 1 aliphatic rings. The number of carboxylic acid groups (broad SMARTS) is 2. The molecule has 1 amide bonds. The highest BCUT2D eigenvalue weighted by Gasteiger charge is 2.53. The summed E-state index contributed by atoms with van der Waals surface area (Å²) in [7, 11) is 3.84. The Kier molecular flexibility index (Phi) is 10.8. The zero-order valence-corrected chi connectivity index (χ0v) is 23.9. The monoisotopic (exact) mass is 553 g/mol. The maximum atomic E-state index is 11.9. The SMILES string of the molecule is CC(=O)O[C@@H](C(=O)O)c1ccccc1.CN(C)C[C@@H]1C(C(C)(C)C)N(C(=O)O)CC[C@@]1(O)c1cccc(C#N)c1. The number of likely N-dealkylation sites (tertiary alicyclic amines) is 1. The lowest BCUT2D eigenvalue weighted by atomic mass is 9.65. The van der Waals surface area contributed by atoms with Gasteiger partial charge in [-0.3, -0.25) is 4.79 Å². The zero-order valence-electron chi connectivity index (χ0n) is 23.9. The van der Waals surface area contributed by atoms with Crippen LogP contribution in [-0.4, -0.2) is 76.4 Å². The number of hydrogen-bond donors (Lipinski definition) is 3. The second-order valence-electron chi connectivity index (χ2n) is 11.3. The maximum Gasteiger partial charge on any atom is 0.407 e.